The predicted molar refractivity (Wildman–Crippen MR) is 80.6 cm³/mol. The number of alkyl halides is 1. The third kappa shape index (κ3) is 6.22. The molecule has 0 unspecified atom stereocenters. The molecular formula is C16H22FNO4. The standard InChI is InChI=1S/C16H22FNO4/c1-11(19)15(18)7-4-13(16(20)21)10-12-2-5-14(6-3-12)22-9-8-17/h2-3,5-6,13,15H,4,7-10,18H2,1H3,(H,20,21)/t13-,15+/m1/s1/i17-1. The summed E-state index contributed by atoms with van der Waals surface area (Å²) in [6, 6.07) is 6.28. The van der Waals surface area contributed by atoms with E-state index in [1.165, 1.54) is 6.92 Å². The van der Waals surface area contributed by atoms with Gasteiger partial charge in [0.2, 0.25) is 0 Å². The van der Waals surface area contributed by atoms with Crippen LogP contribution < -0.4 is 10.5 Å². The average molecular weight is 310 g/mol. The van der Waals surface area contributed by atoms with Crippen molar-refractivity contribution in [2.24, 2.45) is 11.7 Å². The van der Waals surface area contributed by atoms with Gasteiger partial charge < -0.3 is 15.6 Å². The Labute approximate surface area is 129 Å². The molecule has 0 saturated heterocycles. The minimum atomic E-state index is -0.909. The average Bonchev–Trinajstić information content (AvgIpc) is 2.49. The van der Waals surface area contributed by atoms with E-state index in [1.807, 2.05) is 0 Å². The molecule has 0 amide bonds. The van der Waals surface area contributed by atoms with E-state index in [9.17, 15) is 19.1 Å². The first-order valence-electron chi connectivity index (χ1n) is 7.20. The third-order valence-electron chi connectivity index (χ3n) is 3.45. The molecule has 6 heteroatoms. The maximum atomic E-state index is 12.0. The summed E-state index contributed by atoms with van der Waals surface area (Å²) in [7, 11) is 0. The number of halogens is 1. The van der Waals surface area contributed by atoms with Gasteiger partial charge in [-0.25, -0.2) is 4.39 Å². The fourth-order valence-electron chi connectivity index (χ4n) is 2.06. The number of carboxylic acids is 1. The molecule has 3 N–H and O–H groups in total. The molecule has 0 aliphatic heterocycles. The summed E-state index contributed by atoms with van der Waals surface area (Å²) in [6.45, 7) is 0.843. The number of hydrogen-bond donors (Lipinski definition) is 2. The molecule has 0 fully saturated rings. The van der Waals surface area contributed by atoms with E-state index < -0.39 is 24.6 Å². The van der Waals surface area contributed by atoms with Gasteiger partial charge in [-0.15, -0.1) is 0 Å². The van der Waals surface area contributed by atoms with Crippen molar-refractivity contribution in [1.82, 2.24) is 0 Å². The molecule has 1 rings (SSSR count). The Kier molecular flexibility index (Phi) is 7.52. The summed E-state index contributed by atoms with van der Waals surface area (Å²) in [5, 5.41) is 9.26. The van der Waals surface area contributed by atoms with Crippen LogP contribution in [0.15, 0.2) is 24.3 Å². The quantitative estimate of drug-likeness (QED) is 0.689. The summed E-state index contributed by atoms with van der Waals surface area (Å²) in [4.78, 5) is 22.4. The van der Waals surface area contributed by atoms with Crippen LogP contribution in [0.1, 0.15) is 25.3 Å². The third-order valence-corrected chi connectivity index (χ3v) is 3.45. The van der Waals surface area contributed by atoms with Crippen molar-refractivity contribution in [3.05, 3.63) is 29.8 Å². The van der Waals surface area contributed by atoms with Crippen molar-refractivity contribution in [1.29, 1.82) is 0 Å². The maximum absolute atomic E-state index is 12.0. The van der Waals surface area contributed by atoms with Crippen molar-refractivity contribution >= 4 is 11.8 Å². The molecule has 0 spiro atoms. The molecule has 0 heterocycles. The van der Waals surface area contributed by atoms with Crippen LogP contribution in [0.4, 0.5) is 4.39 Å². The molecule has 0 radical (unpaired) electrons. The molecule has 0 aliphatic carbocycles. The largest absolute Gasteiger partial charge is 0.491 e. The molecule has 0 bridgehead atoms. The monoisotopic (exact) mass is 310 g/mol. The van der Waals surface area contributed by atoms with E-state index in [0.29, 0.717) is 25.0 Å². The zero-order valence-corrected chi connectivity index (χ0v) is 12.6. The van der Waals surface area contributed by atoms with Crippen LogP contribution in [0.25, 0.3) is 0 Å². The molecule has 0 aliphatic rings. The molecule has 0 saturated carbocycles. The van der Waals surface area contributed by atoms with Crippen molar-refractivity contribution in [3.63, 3.8) is 0 Å². The van der Waals surface area contributed by atoms with Crippen molar-refractivity contribution < 1.29 is 23.8 Å². The molecular weight excluding hydrogens is 288 g/mol. The van der Waals surface area contributed by atoms with Crippen LogP contribution >= 0.6 is 0 Å². The molecule has 122 valence electrons. The lowest BCUT2D eigenvalue weighted by atomic mass is 9.92. The highest BCUT2D eigenvalue weighted by molar-refractivity contribution is 5.81. The SMILES string of the molecule is CC(=O)[C@@H](N)CC[C@H](Cc1ccc(OCC[18F])cc1)C(=O)O. The fourth-order valence-corrected chi connectivity index (χ4v) is 2.06. The zero-order chi connectivity index (χ0) is 16.5. The summed E-state index contributed by atoms with van der Waals surface area (Å²) >= 11 is 0. The number of rotatable bonds is 10. The van der Waals surface area contributed by atoms with Gasteiger partial charge in [0.1, 0.15) is 24.8 Å². The second-order valence-electron chi connectivity index (χ2n) is 5.22. The number of benzene rings is 1. The molecule has 0 aromatic heterocycles. The van der Waals surface area contributed by atoms with Gasteiger partial charge in [0.05, 0.1) is 12.0 Å². The van der Waals surface area contributed by atoms with Crippen molar-refractivity contribution in [2.45, 2.75) is 32.2 Å². The van der Waals surface area contributed by atoms with Gasteiger partial charge in [-0.3, -0.25) is 9.59 Å². The highest BCUT2D eigenvalue weighted by Gasteiger charge is 2.20. The number of hydrogen-bond acceptors (Lipinski definition) is 4. The zero-order valence-electron chi connectivity index (χ0n) is 12.6. The first kappa shape index (κ1) is 18.1. The fraction of sp³-hybridized carbons (Fsp3) is 0.500. The second kappa shape index (κ2) is 9.15. The highest BCUT2D eigenvalue weighted by Crippen LogP contribution is 2.19. The van der Waals surface area contributed by atoms with E-state index in [1.54, 1.807) is 24.3 Å². The van der Waals surface area contributed by atoms with Gasteiger partial charge in [0.15, 0.2) is 0 Å². The molecule has 22 heavy (non-hydrogen) atoms. The predicted octanol–water partition coefficient (Wildman–Crippen LogP) is 1.97. The Morgan fingerprint density at radius 3 is 2.41 bits per heavy atom. The lowest BCUT2D eigenvalue weighted by Gasteiger charge is -2.15. The van der Waals surface area contributed by atoms with Gasteiger partial charge >= 0.3 is 5.97 Å². The van der Waals surface area contributed by atoms with Gasteiger partial charge in [-0.1, -0.05) is 12.1 Å². The van der Waals surface area contributed by atoms with Crippen LogP contribution in [-0.4, -0.2) is 36.2 Å². The van der Waals surface area contributed by atoms with Gasteiger partial charge in [-0.05, 0) is 43.9 Å². The van der Waals surface area contributed by atoms with E-state index in [-0.39, 0.29) is 12.4 Å². The number of carboxylic acid groups (broad SMARTS) is 1. The molecule has 2 atom stereocenters. The minimum absolute atomic E-state index is 0.0000321. The first-order chi connectivity index (χ1) is 10.4. The van der Waals surface area contributed by atoms with E-state index in [4.69, 9.17) is 10.5 Å². The van der Waals surface area contributed by atoms with E-state index in [2.05, 4.69) is 0 Å². The first-order valence-corrected chi connectivity index (χ1v) is 7.20. The van der Waals surface area contributed by atoms with Crippen molar-refractivity contribution in [2.75, 3.05) is 13.3 Å². The molecule has 5 nitrogen and oxygen atoms in total. The van der Waals surface area contributed by atoms with Gasteiger partial charge in [0, 0.05) is 0 Å². The van der Waals surface area contributed by atoms with Crippen LogP contribution in [0.5, 0.6) is 5.75 Å². The molecule has 1 aromatic rings. The Hall–Kier alpha value is -1.95. The topological polar surface area (TPSA) is 89.6 Å². The normalized spacial score (nSPS) is 13.4. The van der Waals surface area contributed by atoms with E-state index >= 15 is 0 Å². The van der Waals surface area contributed by atoms with Crippen LogP contribution in [0.3, 0.4) is 0 Å². The number of carbonyl (C=O) groups excluding carboxylic acids is 1. The van der Waals surface area contributed by atoms with E-state index in [0.717, 1.165) is 5.56 Å². The Bertz CT molecular complexity index is 489. The van der Waals surface area contributed by atoms with Crippen LogP contribution in [-0.2, 0) is 16.0 Å². The number of ether oxygens (including phenoxy) is 1. The summed E-state index contributed by atoms with van der Waals surface area (Å²) in [5.41, 5.74) is 6.48. The lowest BCUT2D eigenvalue weighted by Crippen LogP contribution is -2.30. The van der Waals surface area contributed by atoms with Crippen LogP contribution in [0.2, 0.25) is 0 Å². The number of nitrogens with two attached hydrogens (primary N) is 1. The summed E-state index contributed by atoms with van der Waals surface area (Å²) < 4.78 is 17.1. The number of Topliss-reactive ketones (excluding diaryl/α,β-unsaturated/α-hetero) is 1. The Morgan fingerprint density at radius 1 is 1.27 bits per heavy atom. The summed E-state index contributed by atoms with van der Waals surface area (Å²) in [6.07, 6.45) is 1.05. The smallest absolute Gasteiger partial charge is 0.306 e. The maximum Gasteiger partial charge on any atom is 0.306 e. The van der Waals surface area contributed by atoms with Gasteiger partial charge in [-0.2, -0.15) is 0 Å². The highest BCUT2D eigenvalue weighted by atomic mass is 18.2. The Morgan fingerprint density at radius 2 is 1.91 bits per heavy atom. The minimum Gasteiger partial charge on any atom is -0.491 e. The van der Waals surface area contributed by atoms with Gasteiger partial charge in [0.25, 0.3) is 0 Å². The second-order valence-corrected chi connectivity index (χ2v) is 5.22. The molecule has 1 aromatic carbocycles. The van der Waals surface area contributed by atoms with Crippen LogP contribution in [0, 0.1) is 5.92 Å². The number of aliphatic carboxylic acids is 1. The lowest BCUT2D eigenvalue weighted by molar-refractivity contribution is -0.142. The Balaban J connectivity index is 2.59. The van der Waals surface area contributed by atoms with Crippen molar-refractivity contribution in [3.8, 4) is 5.75 Å². The number of ketones is 1. The summed E-state index contributed by atoms with van der Waals surface area (Å²) in [5.74, 6) is -1.10. The number of carbonyl (C=O) groups is 2.